The van der Waals surface area contributed by atoms with Crippen LogP contribution < -0.4 is 17.0 Å². The van der Waals surface area contributed by atoms with Crippen LogP contribution in [0.5, 0.6) is 0 Å². The van der Waals surface area contributed by atoms with Gasteiger partial charge in [-0.15, -0.1) is 0 Å². The van der Waals surface area contributed by atoms with Gasteiger partial charge in [-0.1, -0.05) is 0 Å². The van der Waals surface area contributed by atoms with Crippen LogP contribution in [0.25, 0.3) is 0 Å². The molecular formula is C9H20BrNO2. The molecule has 0 radical (unpaired) electrons. The third kappa shape index (κ3) is 4.20. The van der Waals surface area contributed by atoms with Crippen LogP contribution in [0, 0.1) is 0 Å². The number of nitrogens with zero attached hydrogens (tertiary/aromatic N) is 1. The van der Waals surface area contributed by atoms with Crippen molar-refractivity contribution in [3.63, 3.8) is 0 Å². The van der Waals surface area contributed by atoms with Gasteiger partial charge in [-0.3, -0.25) is 9.28 Å². The van der Waals surface area contributed by atoms with E-state index in [-0.39, 0.29) is 23.2 Å². The highest BCUT2D eigenvalue weighted by molar-refractivity contribution is 5.53. The Morgan fingerprint density at radius 2 is 1.77 bits per heavy atom. The van der Waals surface area contributed by atoms with Crippen LogP contribution >= 0.6 is 0 Å². The molecular weight excluding hydrogens is 234 g/mol. The lowest BCUT2D eigenvalue weighted by Crippen LogP contribution is -3.00. The van der Waals surface area contributed by atoms with Crippen molar-refractivity contribution in [1.82, 2.24) is 0 Å². The first-order chi connectivity index (χ1) is 5.64. The SMILES string of the molecule is CCOC(C=O)[N+](C)(CC)CC.[Br-]. The van der Waals surface area contributed by atoms with Crippen molar-refractivity contribution >= 4 is 6.29 Å². The third-order valence-electron chi connectivity index (χ3n) is 2.51. The number of hydrogen-bond acceptors (Lipinski definition) is 2. The van der Waals surface area contributed by atoms with E-state index in [1.165, 1.54) is 0 Å². The number of carbonyl (C=O) groups is 1. The second-order valence-electron chi connectivity index (χ2n) is 3.09. The first kappa shape index (κ1) is 15.5. The van der Waals surface area contributed by atoms with Crippen LogP contribution in [0.3, 0.4) is 0 Å². The summed E-state index contributed by atoms with van der Waals surface area (Å²) in [7, 11) is 2.04. The Hall–Kier alpha value is 0.0700. The highest BCUT2D eigenvalue weighted by Gasteiger charge is 2.29. The van der Waals surface area contributed by atoms with E-state index in [4.69, 9.17) is 4.74 Å². The molecule has 3 nitrogen and oxygen atoms in total. The molecule has 1 unspecified atom stereocenters. The molecule has 0 aromatic carbocycles. The summed E-state index contributed by atoms with van der Waals surface area (Å²) in [6, 6.07) is 0. The minimum Gasteiger partial charge on any atom is -1.00 e. The van der Waals surface area contributed by atoms with Crippen LogP contribution in [0.1, 0.15) is 20.8 Å². The molecule has 0 aliphatic carbocycles. The Morgan fingerprint density at radius 1 is 1.31 bits per heavy atom. The van der Waals surface area contributed by atoms with Gasteiger partial charge in [-0.25, -0.2) is 0 Å². The second-order valence-corrected chi connectivity index (χ2v) is 3.09. The Bertz CT molecular complexity index is 138. The van der Waals surface area contributed by atoms with E-state index >= 15 is 0 Å². The number of likely N-dealkylation sites (N-methyl/N-ethyl adjacent to an activating group) is 1. The number of quaternary nitrogens is 1. The summed E-state index contributed by atoms with van der Waals surface area (Å²) in [5, 5.41) is 0. The maximum Gasteiger partial charge on any atom is 0.250 e. The van der Waals surface area contributed by atoms with Gasteiger partial charge in [0.2, 0.25) is 6.29 Å². The van der Waals surface area contributed by atoms with E-state index in [0.29, 0.717) is 11.1 Å². The molecule has 13 heavy (non-hydrogen) atoms. The number of aldehydes is 1. The van der Waals surface area contributed by atoms with Crippen LogP contribution in [-0.2, 0) is 9.53 Å². The van der Waals surface area contributed by atoms with Crippen LogP contribution in [0.15, 0.2) is 0 Å². The summed E-state index contributed by atoms with van der Waals surface area (Å²) >= 11 is 0. The summed E-state index contributed by atoms with van der Waals surface area (Å²) < 4.78 is 6.01. The molecule has 0 amide bonds. The van der Waals surface area contributed by atoms with Gasteiger partial charge in [0.15, 0.2) is 0 Å². The monoisotopic (exact) mass is 253 g/mol. The van der Waals surface area contributed by atoms with E-state index in [2.05, 4.69) is 13.8 Å². The van der Waals surface area contributed by atoms with Crippen molar-refractivity contribution in [3.8, 4) is 0 Å². The lowest BCUT2D eigenvalue weighted by Gasteiger charge is -2.36. The molecule has 0 rings (SSSR count). The van der Waals surface area contributed by atoms with E-state index in [0.717, 1.165) is 19.4 Å². The second kappa shape index (κ2) is 7.47. The number of hydrogen-bond donors (Lipinski definition) is 0. The van der Waals surface area contributed by atoms with E-state index < -0.39 is 0 Å². The zero-order valence-electron chi connectivity index (χ0n) is 8.92. The summed E-state index contributed by atoms with van der Waals surface area (Å²) in [5.74, 6) is 0. The molecule has 4 heteroatoms. The average molecular weight is 254 g/mol. The smallest absolute Gasteiger partial charge is 0.250 e. The Morgan fingerprint density at radius 3 is 2.00 bits per heavy atom. The maximum atomic E-state index is 10.7. The Labute approximate surface area is 91.4 Å². The molecule has 0 aromatic heterocycles. The minimum atomic E-state index is -0.301. The maximum absolute atomic E-state index is 10.7. The molecule has 1 atom stereocenters. The van der Waals surface area contributed by atoms with Gasteiger partial charge in [-0.2, -0.15) is 0 Å². The Kier molecular flexibility index (Phi) is 8.93. The molecule has 0 bridgehead atoms. The quantitative estimate of drug-likeness (QED) is 0.312. The van der Waals surface area contributed by atoms with Gasteiger partial charge in [-0.05, 0) is 20.8 Å². The zero-order chi connectivity index (χ0) is 9.61. The van der Waals surface area contributed by atoms with E-state index in [9.17, 15) is 4.79 Å². The Balaban J connectivity index is 0. The lowest BCUT2D eigenvalue weighted by atomic mass is 10.3. The fraction of sp³-hybridized carbons (Fsp3) is 0.889. The first-order valence-electron chi connectivity index (χ1n) is 4.55. The molecule has 80 valence electrons. The number of ether oxygens (including phenoxy) is 1. The van der Waals surface area contributed by atoms with Gasteiger partial charge in [0.05, 0.1) is 26.7 Å². The fourth-order valence-corrected chi connectivity index (χ4v) is 1.12. The lowest BCUT2D eigenvalue weighted by molar-refractivity contribution is -0.940. The molecule has 0 aliphatic heterocycles. The number of halogens is 1. The molecule has 0 aliphatic rings. The predicted molar refractivity (Wildman–Crippen MR) is 48.7 cm³/mol. The molecule has 0 saturated heterocycles. The highest BCUT2D eigenvalue weighted by atomic mass is 79.9. The van der Waals surface area contributed by atoms with Crippen molar-refractivity contribution < 1.29 is 31.0 Å². The molecule has 0 saturated carbocycles. The van der Waals surface area contributed by atoms with Crippen molar-refractivity contribution in [2.45, 2.75) is 27.0 Å². The normalized spacial score (nSPS) is 13.2. The molecule has 0 fully saturated rings. The molecule has 0 N–H and O–H groups in total. The molecule has 0 aromatic rings. The van der Waals surface area contributed by atoms with E-state index in [1.807, 2.05) is 14.0 Å². The van der Waals surface area contributed by atoms with Gasteiger partial charge in [0.1, 0.15) is 0 Å². The van der Waals surface area contributed by atoms with Crippen LogP contribution in [-0.4, -0.2) is 43.7 Å². The van der Waals surface area contributed by atoms with Gasteiger partial charge in [0.25, 0.3) is 6.23 Å². The topological polar surface area (TPSA) is 26.3 Å². The van der Waals surface area contributed by atoms with Gasteiger partial charge >= 0.3 is 0 Å². The largest absolute Gasteiger partial charge is 1.00 e. The van der Waals surface area contributed by atoms with Gasteiger partial charge in [0, 0.05) is 0 Å². The fourth-order valence-electron chi connectivity index (χ4n) is 1.12. The van der Waals surface area contributed by atoms with Crippen molar-refractivity contribution in [2.24, 2.45) is 0 Å². The summed E-state index contributed by atoms with van der Waals surface area (Å²) in [6.07, 6.45) is 0.598. The van der Waals surface area contributed by atoms with Crippen LogP contribution in [0.4, 0.5) is 0 Å². The third-order valence-corrected chi connectivity index (χ3v) is 2.51. The van der Waals surface area contributed by atoms with Crippen LogP contribution in [0.2, 0.25) is 0 Å². The van der Waals surface area contributed by atoms with Crippen molar-refractivity contribution in [3.05, 3.63) is 0 Å². The number of rotatable bonds is 6. The van der Waals surface area contributed by atoms with E-state index in [1.54, 1.807) is 0 Å². The van der Waals surface area contributed by atoms with Crippen molar-refractivity contribution in [1.29, 1.82) is 0 Å². The first-order valence-corrected chi connectivity index (χ1v) is 4.55. The summed E-state index contributed by atoms with van der Waals surface area (Å²) in [6.45, 7) is 8.47. The minimum absolute atomic E-state index is 0. The van der Waals surface area contributed by atoms with Gasteiger partial charge < -0.3 is 21.7 Å². The summed E-state index contributed by atoms with van der Waals surface area (Å²) in [4.78, 5) is 10.7. The molecule has 0 spiro atoms. The number of carbonyl (C=O) groups excluding carboxylic acids is 1. The molecule has 0 heterocycles. The standard InChI is InChI=1S/C9H20NO2.BrH/c1-5-10(4,6-2)9(8-11)12-7-3;/h8-9H,5-7H2,1-4H3;1H/q+1;/p-1. The zero-order valence-corrected chi connectivity index (χ0v) is 10.5. The predicted octanol–water partition coefficient (Wildman–Crippen LogP) is -1.96. The van der Waals surface area contributed by atoms with Crippen molar-refractivity contribution in [2.75, 3.05) is 26.7 Å². The highest BCUT2D eigenvalue weighted by Crippen LogP contribution is 2.08. The summed E-state index contributed by atoms with van der Waals surface area (Å²) in [5.41, 5.74) is 0. The average Bonchev–Trinajstić information content (AvgIpc) is 2.13.